The predicted molar refractivity (Wildman–Crippen MR) is 70.5 cm³/mol. The van der Waals surface area contributed by atoms with E-state index in [4.69, 9.17) is 16.0 Å². The van der Waals surface area contributed by atoms with Gasteiger partial charge >= 0.3 is 0 Å². The van der Waals surface area contributed by atoms with Crippen molar-refractivity contribution in [1.29, 1.82) is 0 Å². The molecule has 1 aromatic carbocycles. The standard InChI is InChI=1S/C13H10ClFN2O3/c1-6-11(20-7(2)16-6)13(19)17-8-3-4-10(15)9(5-8)12(14)18/h3-5H,1-2H3,(H,17,19). The van der Waals surface area contributed by atoms with Gasteiger partial charge in [0.25, 0.3) is 11.1 Å². The molecule has 0 radical (unpaired) electrons. The van der Waals surface area contributed by atoms with Crippen LogP contribution in [-0.2, 0) is 0 Å². The fourth-order valence-electron chi connectivity index (χ4n) is 1.68. The Hall–Kier alpha value is -2.21. The van der Waals surface area contributed by atoms with Crippen molar-refractivity contribution in [3.05, 3.63) is 46.9 Å². The Balaban J connectivity index is 2.26. The molecule has 1 aromatic heterocycles. The van der Waals surface area contributed by atoms with Gasteiger partial charge in [0.1, 0.15) is 5.82 Å². The van der Waals surface area contributed by atoms with E-state index in [1.807, 2.05) is 0 Å². The minimum atomic E-state index is -0.940. The summed E-state index contributed by atoms with van der Waals surface area (Å²) in [6, 6.07) is 3.51. The fraction of sp³-hybridized carbons (Fsp3) is 0.154. The van der Waals surface area contributed by atoms with E-state index in [0.717, 1.165) is 12.1 Å². The van der Waals surface area contributed by atoms with Gasteiger partial charge in [-0.3, -0.25) is 9.59 Å². The smallest absolute Gasteiger partial charge is 0.293 e. The summed E-state index contributed by atoms with van der Waals surface area (Å²) in [7, 11) is 0. The minimum absolute atomic E-state index is 0.0607. The zero-order valence-corrected chi connectivity index (χ0v) is 11.4. The molecule has 104 valence electrons. The number of hydrogen-bond donors (Lipinski definition) is 1. The van der Waals surface area contributed by atoms with Crippen molar-refractivity contribution in [2.45, 2.75) is 13.8 Å². The van der Waals surface area contributed by atoms with Gasteiger partial charge in [-0.25, -0.2) is 9.37 Å². The van der Waals surface area contributed by atoms with E-state index in [1.54, 1.807) is 13.8 Å². The van der Waals surface area contributed by atoms with Crippen molar-refractivity contribution in [3.8, 4) is 0 Å². The van der Waals surface area contributed by atoms with Gasteiger partial charge in [-0.05, 0) is 36.7 Å². The third kappa shape index (κ3) is 2.85. The molecule has 0 fully saturated rings. The zero-order valence-electron chi connectivity index (χ0n) is 10.7. The maximum absolute atomic E-state index is 13.3. The highest BCUT2D eigenvalue weighted by Gasteiger charge is 2.17. The zero-order chi connectivity index (χ0) is 14.9. The number of anilines is 1. The molecule has 7 heteroatoms. The number of aryl methyl sites for hydroxylation is 2. The Labute approximate surface area is 118 Å². The first-order valence-corrected chi connectivity index (χ1v) is 6.01. The number of amides is 1. The van der Waals surface area contributed by atoms with Gasteiger partial charge < -0.3 is 9.73 Å². The molecule has 5 nitrogen and oxygen atoms in total. The molecule has 0 aliphatic carbocycles. The summed E-state index contributed by atoms with van der Waals surface area (Å²) >= 11 is 5.24. The summed E-state index contributed by atoms with van der Waals surface area (Å²) in [5, 5.41) is 1.55. The Bertz CT molecular complexity index is 697. The highest BCUT2D eigenvalue weighted by Crippen LogP contribution is 2.18. The second-order valence-corrected chi connectivity index (χ2v) is 4.41. The first-order valence-electron chi connectivity index (χ1n) is 5.63. The number of nitrogens with one attached hydrogen (secondary N) is 1. The van der Waals surface area contributed by atoms with Crippen molar-refractivity contribution in [3.63, 3.8) is 0 Å². The molecule has 0 saturated carbocycles. The second kappa shape index (κ2) is 5.42. The van der Waals surface area contributed by atoms with Crippen molar-refractivity contribution >= 4 is 28.4 Å². The van der Waals surface area contributed by atoms with Crippen LogP contribution in [0.5, 0.6) is 0 Å². The highest BCUT2D eigenvalue weighted by atomic mass is 35.5. The van der Waals surface area contributed by atoms with Gasteiger partial charge in [0.2, 0.25) is 5.76 Å². The van der Waals surface area contributed by atoms with Crippen molar-refractivity contribution in [2.24, 2.45) is 0 Å². The van der Waals surface area contributed by atoms with Crippen LogP contribution in [0, 0.1) is 19.7 Å². The molecular formula is C13H10ClFN2O3. The monoisotopic (exact) mass is 296 g/mol. The van der Waals surface area contributed by atoms with E-state index in [1.165, 1.54) is 6.07 Å². The van der Waals surface area contributed by atoms with Crippen molar-refractivity contribution in [2.75, 3.05) is 5.32 Å². The molecule has 20 heavy (non-hydrogen) atoms. The van der Waals surface area contributed by atoms with Crippen LogP contribution in [0.4, 0.5) is 10.1 Å². The number of aromatic nitrogens is 1. The third-order valence-electron chi connectivity index (χ3n) is 2.55. The van der Waals surface area contributed by atoms with Crippen LogP contribution in [0.1, 0.15) is 32.5 Å². The van der Waals surface area contributed by atoms with E-state index in [2.05, 4.69) is 10.3 Å². The van der Waals surface area contributed by atoms with Gasteiger partial charge in [-0.15, -0.1) is 0 Å². The Morgan fingerprint density at radius 1 is 1.35 bits per heavy atom. The molecule has 0 aliphatic rings. The van der Waals surface area contributed by atoms with Gasteiger partial charge in [0.05, 0.1) is 11.3 Å². The lowest BCUT2D eigenvalue weighted by atomic mass is 10.2. The summed E-state index contributed by atoms with van der Waals surface area (Å²) in [5.74, 6) is -0.869. The van der Waals surface area contributed by atoms with Crippen LogP contribution >= 0.6 is 11.6 Å². The van der Waals surface area contributed by atoms with Crippen LogP contribution in [-0.4, -0.2) is 16.1 Å². The quantitative estimate of drug-likeness (QED) is 0.884. The number of rotatable bonds is 3. The molecule has 2 aromatic rings. The first-order chi connectivity index (χ1) is 9.38. The van der Waals surface area contributed by atoms with Crippen molar-refractivity contribution in [1.82, 2.24) is 4.98 Å². The molecule has 0 spiro atoms. The molecule has 0 saturated heterocycles. The van der Waals surface area contributed by atoms with Crippen molar-refractivity contribution < 1.29 is 18.4 Å². The molecule has 1 heterocycles. The summed E-state index contributed by atoms with van der Waals surface area (Å²) in [5.41, 5.74) is 0.361. The van der Waals surface area contributed by atoms with Crippen LogP contribution in [0.15, 0.2) is 22.6 Å². The minimum Gasteiger partial charge on any atom is -0.436 e. The van der Waals surface area contributed by atoms with Crippen LogP contribution in [0.3, 0.4) is 0 Å². The van der Waals surface area contributed by atoms with Crippen LogP contribution in [0.25, 0.3) is 0 Å². The Kier molecular flexibility index (Phi) is 3.85. The van der Waals surface area contributed by atoms with E-state index in [-0.39, 0.29) is 17.0 Å². The Morgan fingerprint density at radius 3 is 2.60 bits per heavy atom. The lowest BCUT2D eigenvalue weighted by Crippen LogP contribution is -2.13. The molecule has 0 bridgehead atoms. The van der Waals surface area contributed by atoms with Gasteiger partial charge in [0.15, 0.2) is 5.89 Å². The number of hydrogen-bond acceptors (Lipinski definition) is 4. The summed E-state index contributed by atoms with van der Waals surface area (Å²) in [4.78, 5) is 26.9. The second-order valence-electron chi connectivity index (χ2n) is 4.07. The summed E-state index contributed by atoms with van der Waals surface area (Å²) in [6.07, 6.45) is 0. The number of carbonyl (C=O) groups excluding carboxylic acids is 2. The van der Waals surface area contributed by atoms with Gasteiger partial charge in [0, 0.05) is 12.6 Å². The van der Waals surface area contributed by atoms with E-state index >= 15 is 0 Å². The summed E-state index contributed by atoms with van der Waals surface area (Å²) < 4.78 is 18.5. The SMILES string of the molecule is Cc1nc(C)c(C(=O)Nc2ccc(F)c(C(=O)Cl)c2)o1. The topological polar surface area (TPSA) is 72.2 Å². The van der Waals surface area contributed by atoms with Gasteiger partial charge in [-0.2, -0.15) is 0 Å². The number of oxazole rings is 1. The Morgan fingerprint density at radius 2 is 2.05 bits per heavy atom. The number of benzene rings is 1. The number of carbonyl (C=O) groups is 2. The maximum Gasteiger partial charge on any atom is 0.293 e. The lowest BCUT2D eigenvalue weighted by Gasteiger charge is -2.05. The molecule has 0 atom stereocenters. The molecule has 0 unspecified atom stereocenters. The average molecular weight is 297 g/mol. The normalized spacial score (nSPS) is 10.4. The third-order valence-corrected chi connectivity index (χ3v) is 2.75. The van der Waals surface area contributed by atoms with Crippen LogP contribution < -0.4 is 5.32 Å². The largest absolute Gasteiger partial charge is 0.436 e. The maximum atomic E-state index is 13.3. The fourth-order valence-corrected chi connectivity index (χ4v) is 1.83. The molecular weight excluding hydrogens is 287 g/mol. The van der Waals surface area contributed by atoms with Gasteiger partial charge in [-0.1, -0.05) is 0 Å². The van der Waals surface area contributed by atoms with E-state index < -0.39 is 17.0 Å². The number of halogens is 2. The van der Waals surface area contributed by atoms with Crippen LogP contribution in [0.2, 0.25) is 0 Å². The summed E-state index contributed by atoms with van der Waals surface area (Å²) in [6.45, 7) is 3.25. The number of nitrogens with zero attached hydrogens (tertiary/aromatic N) is 1. The van der Waals surface area contributed by atoms with E-state index in [9.17, 15) is 14.0 Å². The van der Waals surface area contributed by atoms with E-state index in [0.29, 0.717) is 11.6 Å². The molecule has 1 N–H and O–H groups in total. The molecule has 1 amide bonds. The lowest BCUT2D eigenvalue weighted by molar-refractivity contribution is 0.0993. The highest BCUT2D eigenvalue weighted by molar-refractivity contribution is 6.67. The average Bonchev–Trinajstić information content (AvgIpc) is 2.70. The molecule has 2 rings (SSSR count). The predicted octanol–water partition coefficient (Wildman–Crippen LogP) is 3.06. The first kappa shape index (κ1) is 14.2. The molecule has 0 aliphatic heterocycles.